The van der Waals surface area contributed by atoms with Crippen LogP contribution in [0.4, 0.5) is 0 Å². The summed E-state index contributed by atoms with van der Waals surface area (Å²) in [6.07, 6.45) is 2.06. The van der Waals surface area contributed by atoms with Gasteiger partial charge in [-0.2, -0.15) is 9.57 Å². The maximum atomic E-state index is 12.7. The second kappa shape index (κ2) is 6.55. The number of hydrogen-bond acceptors (Lipinski definition) is 4. The Labute approximate surface area is 136 Å². The molecule has 1 aliphatic rings. The van der Waals surface area contributed by atoms with E-state index in [1.165, 1.54) is 22.5 Å². The Balaban J connectivity index is 2.28. The molecule has 0 spiro atoms. The summed E-state index contributed by atoms with van der Waals surface area (Å²) < 4.78 is 26.9. The summed E-state index contributed by atoms with van der Waals surface area (Å²) in [6, 6.07) is 6.11. The summed E-state index contributed by atoms with van der Waals surface area (Å²) in [5, 5.41) is 19.0. The van der Waals surface area contributed by atoms with Crippen LogP contribution in [-0.2, 0) is 10.0 Å². The fourth-order valence-electron chi connectivity index (χ4n) is 2.78. The van der Waals surface area contributed by atoms with Crippen LogP contribution >= 0.6 is 11.6 Å². The molecule has 0 bridgehead atoms. The van der Waals surface area contributed by atoms with Gasteiger partial charge in [0.25, 0.3) is 0 Å². The number of halogens is 1. The van der Waals surface area contributed by atoms with Gasteiger partial charge in [0.1, 0.15) is 11.0 Å². The lowest BCUT2D eigenvalue weighted by atomic mass is 9.77. The van der Waals surface area contributed by atoms with Crippen LogP contribution < -0.4 is 0 Å². The Kier molecular flexibility index (Phi) is 5.13. The van der Waals surface area contributed by atoms with Gasteiger partial charge in [0.2, 0.25) is 10.0 Å². The van der Waals surface area contributed by atoms with Crippen molar-refractivity contribution in [2.45, 2.75) is 31.1 Å². The molecule has 0 atom stereocenters. The Hall–Kier alpha value is -1.13. The van der Waals surface area contributed by atoms with Crippen molar-refractivity contribution in [3.8, 4) is 6.07 Å². The van der Waals surface area contributed by atoms with Gasteiger partial charge < -0.3 is 5.11 Å². The zero-order valence-corrected chi connectivity index (χ0v) is 14.0. The fraction of sp³-hybridized carbons (Fsp3) is 0.533. The van der Waals surface area contributed by atoms with Gasteiger partial charge in [0.05, 0.1) is 5.56 Å². The van der Waals surface area contributed by atoms with E-state index in [-0.39, 0.29) is 22.5 Å². The highest BCUT2D eigenvalue weighted by Gasteiger charge is 2.37. The lowest BCUT2D eigenvalue weighted by molar-refractivity contribution is 0.0647. The fourth-order valence-corrected chi connectivity index (χ4v) is 4.51. The Morgan fingerprint density at radius 2 is 2.05 bits per heavy atom. The molecule has 1 aromatic rings. The molecule has 1 aromatic carbocycles. The van der Waals surface area contributed by atoms with E-state index in [0.717, 1.165) is 6.42 Å². The molecule has 7 heteroatoms. The maximum Gasteiger partial charge on any atom is 0.244 e. The molecular formula is C15H19ClN2O3S. The number of nitrogens with zero attached hydrogens (tertiary/aromatic N) is 2. The largest absolute Gasteiger partial charge is 0.396 e. The molecule has 5 nitrogen and oxygen atoms in total. The molecule has 120 valence electrons. The van der Waals surface area contributed by atoms with E-state index in [0.29, 0.717) is 31.0 Å². The van der Waals surface area contributed by atoms with E-state index >= 15 is 0 Å². The first-order valence-corrected chi connectivity index (χ1v) is 9.01. The number of aliphatic hydroxyl groups is 1. The molecule has 1 N–H and O–H groups in total. The molecule has 0 aliphatic carbocycles. The number of hydrogen-bond donors (Lipinski definition) is 1. The zero-order valence-electron chi connectivity index (χ0n) is 12.4. The predicted molar refractivity (Wildman–Crippen MR) is 84.0 cm³/mol. The SMILES string of the molecule is CCC1(CO)CCN(S(=O)(=O)c2ccc(Cl)cc2C#N)CC1. The summed E-state index contributed by atoms with van der Waals surface area (Å²) in [5.74, 6) is 0. The van der Waals surface area contributed by atoms with E-state index in [1.807, 2.05) is 13.0 Å². The molecule has 1 saturated heterocycles. The van der Waals surface area contributed by atoms with Crippen molar-refractivity contribution < 1.29 is 13.5 Å². The van der Waals surface area contributed by atoms with Crippen LogP contribution in [0.1, 0.15) is 31.7 Å². The highest BCUT2D eigenvalue weighted by atomic mass is 35.5. The van der Waals surface area contributed by atoms with Crippen LogP contribution in [-0.4, -0.2) is 37.5 Å². The molecule has 0 radical (unpaired) electrons. The molecule has 1 heterocycles. The van der Waals surface area contributed by atoms with Gasteiger partial charge in [0.15, 0.2) is 0 Å². The molecule has 0 aromatic heterocycles. The summed E-state index contributed by atoms with van der Waals surface area (Å²) in [7, 11) is -3.72. The Morgan fingerprint density at radius 3 is 2.55 bits per heavy atom. The molecular weight excluding hydrogens is 324 g/mol. The number of piperidine rings is 1. The summed E-state index contributed by atoms with van der Waals surface area (Å²) in [6.45, 7) is 2.78. The number of aliphatic hydroxyl groups excluding tert-OH is 1. The minimum absolute atomic E-state index is 0.00704. The van der Waals surface area contributed by atoms with Gasteiger partial charge in [-0.3, -0.25) is 0 Å². The van der Waals surface area contributed by atoms with E-state index in [9.17, 15) is 13.5 Å². The normalized spacial score (nSPS) is 18.8. The summed E-state index contributed by atoms with van der Waals surface area (Å²) in [5.41, 5.74) is -0.133. The quantitative estimate of drug-likeness (QED) is 0.910. The topological polar surface area (TPSA) is 81.4 Å². The smallest absolute Gasteiger partial charge is 0.244 e. The third-order valence-corrected chi connectivity index (χ3v) is 6.74. The maximum absolute atomic E-state index is 12.7. The van der Waals surface area contributed by atoms with Crippen LogP contribution in [0.3, 0.4) is 0 Å². The highest BCUT2D eigenvalue weighted by molar-refractivity contribution is 7.89. The van der Waals surface area contributed by atoms with Gasteiger partial charge in [-0.1, -0.05) is 18.5 Å². The third-order valence-electron chi connectivity index (χ3n) is 4.55. The van der Waals surface area contributed by atoms with Crippen molar-refractivity contribution in [1.82, 2.24) is 4.31 Å². The molecule has 1 aliphatic heterocycles. The number of nitriles is 1. The van der Waals surface area contributed by atoms with E-state index in [4.69, 9.17) is 16.9 Å². The van der Waals surface area contributed by atoms with Crippen LogP contribution in [0.25, 0.3) is 0 Å². The van der Waals surface area contributed by atoms with Crippen molar-refractivity contribution in [2.75, 3.05) is 19.7 Å². The predicted octanol–water partition coefficient (Wildman–Crippen LogP) is 2.38. The second-order valence-corrected chi connectivity index (χ2v) is 8.01. The lowest BCUT2D eigenvalue weighted by Gasteiger charge is -2.39. The average molecular weight is 343 g/mol. The Morgan fingerprint density at radius 1 is 1.41 bits per heavy atom. The second-order valence-electron chi connectivity index (χ2n) is 5.67. The van der Waals surface area contributed by atoms with Crippen LogP contribution in [0.2, 0.25) is 5.02 Å². The summed E-state index contributed by atoms with van der Waals surface area (Å²) >= 11 is 5.82. The van der Waals surface area contributed by atoms with Crippen molar-refractivity contribution >= 4 is 21.6 Å². The first kappa shape index (κ1) is 17.2. The molecule has 2 rings (SSSR count). The standard InChI is InChI=1S/C15H19ClN2O3S/c1-2-15(11-19)5-7-18(8-6-15)22(20,21)14-4-3-13(16)9-12(14)10-17/h3-4,9,19H,2,5-8,11H2,1H3. The van der Waals surface area contributed by atoms with E-state index in [1.54, 1.807) is 0 Å². The lowest BCUT2D eigenvalue weighted by Crippen LogP contribution is -2.44. The van der Waals surface area contributed by atoms with Crippen molar-refractivity contribution in [1.29, 1.82) is 5.26 Å². The molecule has 0 saturated carbocycles. The van der Waals surface area contributed by atoms with E-state index in [2.05, 4.69) is 0 Å². The molecule has 1 fully saturated rings. The monoisotopic (exact) mass is 342 g/mol. The van der Waals surface area contributed by atoms with E-state index < -0.39 is 10.0 Å². The van der Waals surface area contributed by atoms with Gasteiger partial charge in [-0.15, -0.1) is 0 Å². The van der Waals surface area contributed by atoms with Crippen molar-refractivity contribution in [2.24, 2.45) is 5.41 Å². The van der Waals surface area contributed by atoms with Crippen LogP contribution in [0.5, 0.6) is 0 Å². The van der Waals surface area contributed by atoms with Gasteiger partial charge in [-0.25, -0.2) is 8.42 Å². The third kappa shape index (κ3) is 3.13. The molecule has 0 amide bonds. The van der Waals surface area contributed by atoms with Crippen molar-refractivity contribution in [3.05, 3.63) is 28.8 Å². The Bertz CT molecular complexity index is 683. The number of sulfonamides is 1. The number of benzene rings is 1. The highest BCUT2D eigenvalue weighted by Crippen LogP contribution is 2.36. The minimum Gasteiger partial charge on any atom is -0.396 e. The summed E-state index contributed by atoms with van der Waals surface area (Å²) in [4.78, 5) is -0.00704. The first-order chi connectivity index (χ1) is 10.4. The minimum atomic E-state index is -3.72. The van der Waals surface area contributed by atoms with Gasteiger partial charge >= 0.3 is 0 Å². The van der Waals surface area contributed by atoms with Crippen LogP contribution in [0.15, 0.2) is 23.1 Å². The number of rotatable bonds is 4. The first-order valence-electron chi connectivity index (χ1n) is 7.19. The molecule has 22 heavy (non-hydrogen) atoms. The van der Waals surface area contributed by atoms with Gasteiger partial charge in [0, 0.05) is 24.7 Å². The van der Waals surface area contributed by atoms with Crippen molar-refractivity contribution in [3.63, 3.8) is 0 Å². The molecule has 0 unspecified atom stereocenters. The van der Waals surface area contributed by atoms with Crippen LogP contribution in [0, 0.1) is 16.7 Å². The average Bonchev–Trinajstić information content (AvgIpc) is 2.54. The zero-order chi connectivity index (χ0) is 16.4. The van der Waals surface area contributed by atoms with Gasteiger partial charge in [-0.05, 0) is 42.9 Å².